The zero-order valence-electron chi connectivity index (χ0n) is 20.0. The highest BCUT2D eigenvalue weighted by molar-refractivity contribution is 6.02. The number of aryl methyl sites for hydroxylation is 1. The van der Waals surface area contributed by atoms with Crippen LogP contribution >= 0.6 is 0 Å². The van der Waals surface area contributed by atoms with Gasteiger partial charge in [-0.1, -0.05) is 12.1 Å². The van der Waals surface area contributed by atoms with E-state index in [9.17, 15) is 14.7 Å². The number of rotatable bonds is 9. The molecule has 2 N–H and O–H groups in total. The molecule has 184 valence electrons. The Balaban J connectivity index is 1.38. The van der Waals surface area contributed by atoms with Gasteiger partial charge < -0.3 is 19.9 Å². The lowest BCUT2D eigenvalue weighted by Crippen LogP contribution is -2.19. The SMILES string of the molecule is COCc1cc(C(=O)Nc2cc(C3C[C@@H]4C(C(=O)O)[C@@H]4C3)nn2Cc2ccc(OC)cc2)n(C)n1. The Hall–Kier alpha value is -3.66. The Bertz CT molecular complexity index is 1240. The fourth-order valence-corrected chi connectivity index (χ4v) is 5.35. The number of aliphatic carboxylic acids is 1. The van der Waals surface area contributed by atoms with Gasteiger partial charge in [0, 0.05) is 26.1 Å². The summed E-state index contributed by atoms with van der Waals surface area (Å²) < 4.78 is 13.7. The van der Waals surface area contributed by atoms with Crippen molar-refractivity contribution in [2.75, 3.05) is 19.5 Å². The molecule has 10 heteroatoms. The molecule has 5 rings (SSSR count). The molecule has 2 heterocycles. The predicted octanol–water partition coefficient (Wildman–Crippen LogP) is 2.90. The van der Waals surface area contributed by atoms with Crippen LogP contribution in [0.4, 0.5) is 5.82 Å². The number of methoxy groups -OCH3 is 2. The number of carbonyl (C=O) groups excluding carboxylic acids is 1. The van der Waals surface area contributed by atoms with Crippen molar-refractivity contribution in [3.63, 3.8) is 0 Å². The lowest BCUT2D eigenvalue weighted by molar-refractivity contribution is -0.139. The third-order valence-electron chi connectivity index (χ3n) is 7.14. The van der Waals surface area contributed by atoms with Gasteiger partial charge in [-0.15, -0.1) is 0 Å². The van der Waals surface area contributed by atoms with Crippen LogP contribution in [0.1, 0.15) is 46.2 Å². The molecular formula is C25H29N5O5. The smallest absolute Gasteiger partial charge is 0.307 e. The Labute approximate surface area is 202 Å². The van der Waals surface area contributed by atoms with Crippen LogP contribution in [0.25, 0.3) is 0 Å². The maximum absolute atomic E-state index is 13.1. The maximum Gasteiger partial charge on any atom is 0.307 e. The van der Waals surface area contributed by atoms with Crippen molar-refractivity contribution in [1.82, 2.24) is 19.6 Å². The quantitative estimate of drug-likeness (QED) is 0.484. The van der Waals surface area contributed by atoms with Crippen molar-refractivity contribution in [3.05, 3.63) is 59.0 Å². The van der Waals surface area contributed by atoms with Crippen molar-refractivity contribution in [1.29, 1.82) is 0 Å². The highest BCUT2D eigenvalue weighted by atomic mass is 16.5. The van der Waals surface area contributed by atoms with Crippen molar-refractivity contribution >= 4 is 17.7 Å². The summed E-state index contributed by atoms with van der Waals surface area (Å²) in [5, 5.41) is 21.5. The summed E-state index contributed by atoms with van der Waals surface area (Å²) in [4.78, 5) is 24.5. The highest BCUT2D eigenvalue weighted by Gasteiger charge is 2.60. The second kappa shape index (κ2) is 9.18. The number of hydrogen-bond acceptors (Lipinski definition) is 6. The summed E-state index contributed by atoms with van der Waals surface area (Å²) in [7, 11) is 4.93. The van der Waals surface area contributed by atoms with Gasteiger partial charge in [0.2, 0.25) is 0 Å². The molecule has 0 bridgehead atoms. The summed E-state index contributed by atoms with van der Waals surface area (Å²) in [6, 6.07) is 11.3. The van der Waals surface area contributed by atoms with Gasteiger partial charge in [0.25, 0.3) is 5.91 Å². The molecule has 4 atom stereocenters. The van der Waals surface area contributed by atoms with Gasteiger partial charge in [0.1, 0.15) is 17.3 Å². The largest absolute Gasteiger partial charge is 0.497 e. The number of anilines is 1. The van der Waals surface area contributed by atoms with Crippen LogP contribution in [-0.2, 0) is 29.7 Å². The molecule has 3 aromatic rings. The van der Waals surface area contributed by atoms with E-state index in [1.807, 2.05) is 30.3 Å². The van der Waals surface area contributed by atoms with Gasteiger partial charge >= 0.3 is 5.97 Å². The number of aromatic nitrogens is 4. The van der Waals surface area contributed by atoms with Crippen molar-refractivity contribution < 1.29 is 24.2 Å². The molecule has 0 saturated heterocycles. The van der Waals surface area contributed by atoms with Gasteiger partial charge in [-0.2, -0.15) is 10.2 Å². The van der Waals surface area contributed by atoms with Crippen LogP contribution in [0.5, 0.6) is 5.75 Å². The number of ether oxygens (including phenoxy) is 2. The average molecular weight is 480 g/mol. The Morgan fingerprint density at radius 3 is 2.46 bits per heavy atom. The Kier molecular flexibility index (Phi) is 6.06. The first-order valence-corrected chi connectivity index (χ1v) is 11.6. The number of carboxylic acids is 1. The summed E-state index contributed by atoms with van der Waals surface area (Å²) >= 11 is 0. The fraction of sp³-hybridized carbons (Fsp3) is 0.440. The molecule has 2 fully saturated rings. The molecular weight excluding hydrogens is 450 g/mol. The van der Waals surface area contributed by atoms with Crippen molar-refractivity contribution in [2.45, 2.75) is 31.9 Å². The van der Waals surface area contributed by atoms with Crippen molar-refractivity contribution in [2.24, 2.45) is 24.8 Å². The molecule has 2 unspecified atom stereocenters. The molecule has 35 heavy (non-hydrogen) atoms. The molecule has 10 nitrogen and oxygen atoms in total. The second-order valence-corrected chi connectivity index (χ2v) is 9.35. The summed E-state index contributed by atoms with van der Waals surface area (Å²) in [5.74, 6) is 0.823. The number of nitrogens with one attached hydrogen (secondary N) is 1. The Morgan fingerprint density at radius 2 is 1.83 bits per heavy atom. The van der Waals surface area contributed by atoms with Crippen LogP contribution in [0, 0.1) is 17.8 Å². The van der Waals surface area contributed by atoms with Gasteiger partial charge in [-0.05, 0) is 48.4 Å². The Morgan fingerprint density at radius 1 is 1.11 bits per heavy atom. The minimum Gasteiger partial charge on any atom is -0.497 e. The van der Waals surface area contributed by atoms with Gasteiger partial charge in [-0.25, -0.2) is 4.68 Å². The number of amides is 1. The van der Waals surface area contributed by atoms with Crippen molar-refractivity contribution in [3.8, 4) is 5.75 Å². The number of benzene rings is 1. The van der Waals surface area contributed by atoms with Crippen LogP contribution in [-0.4, -0.2) is 50.8 Å². The standard InChI is InChI=1S/C25H29N5O5/c1-29-21(10-16(27-29)13-34-2)24(31)26-22-11-20(15-8-18-19(9-15)23(18)25(32)33)28-30(22)12-14-4-6-17(35-3)7-5-14/h4-7,10-11,15,18-19,23H,8-9,12-13H2,1-3H3,(H,26,31)(H,32,33)/t15?,18-,19+,23?. The number of nitrogens with zero attached hydrogens (tertiary/aromatic N) is 4. The van der Waals surface area contributed by atoms with E-state index in [0.717, 1.165) is 29.8 Å². The maximum atomic E-state index is 13.1. The number of fused-ring (bicyclic) bond motifs is 1. The topological polar surface area (TPSA) is 120 Å². The van der Waals surface area contributed by atoms with E-state index in [4.69, 9.17) is 14.6 Å². The zero-order chi connectivity index (χ0) is 24.7. The molecule has 1 aromatic carbocycles. The van der Waals surface area contributed by atoms with E-state index >= 15 is 0 Å². The minimum atomic E-state index is -0.694. The first-order valence-electron chi connectivity index (χ1n) is 11.6. The summed E-state index contributed by atoms with van der Waals surface area (Å²) in [6.45, 7) is 0.791. The zero-order valence-corrected chi connectivity index (χ0v) is 20.0. The first-order chi connectivity index (χ1) is 16.9. The third-order valence-corrected chi connectivity index (χ3v) is 7.14. The molecule has 0 aliphatic heterocycles. The monoisotopic (exact) mass is 479 g/mol. The molecule has 2 saturated carbocycles. The van der Waals surface area contributed by atoms with Crippen LogP contribution in [0.2, 0.25) is 0 Å². The van der Waals surface area contributed by atoms with Gasteiger partial charge in [0.05, 0.1) is 37.6 Å². The fourth-order valence-electron chi connectivity index (χ4n) is 5.35. The van der Waals surface area contributed by atoms with E-state index in [0.29, 0.717) is 30.4 Å². The first kappa shape index (κ1) is 23.1. The van der Waals surface area contributed by atoms with Crippen LogP contribution < -0.4 is 10.1 Å². The van der Waals surface area contributed by atoms with E-state index < -0.39 is 5.97 Å². The average Bonchev–Trinajstić information content (AvgIpc) is 3.15. The van der Waals surface area contributed by atoms with Gasteiger partial charge in [-0.3, -0.25) is 14.3 Å². The van der Waals surface area contributed by atoms with E-state index in [1.54, 1.807) is 32.0 Å². The van der Waals surface area contributed by atoms with E-state index in [2.05, 4.69) is 10.4 Å². The summed E-state index contributed by atoms with van der Waals surface area (Å²) in [6.07, 6.45) is 1.63. The molecule has 1 amide bonds. The molecule has 0 radical (unpaired) electrons. The lowest BCUT2D eigenvalue weighted by Gasteiger charge is -2.10. The van der Waals surface area contributed by atoms with Crippen LogP contribution in [0.3, 0.4) is 0 Å². The summed E-state index contributed by atoms with van der Waals surface area (Å²) in [5.41, 5.74) is 2.99. The van der Waals surface area contributed by atoms with Crippen LogP contribution in [0.15, 0.2) is 36.4 Å². The van der Waals surface area contributed by atoms with Gasteiger partial charge in [0.15, 0.2) is 0 Å². The molecule has 2 aliphatic rings. The minimum absolute atomic E-state index is 0.193. The molecule has 0 spiro atoms. The number of carbonyl (C=O) groups is 2. The number of hydrogen-bond donors (Lipinski definition) is 2. The highest BCUT2D eigenvalue weighted by Crippen LogP contribution is 2.62. The third kappa shape index (κ3) is 4.53. The number of carboxylic acid groups (broad SMARTS) is 1. The van der Waals surface area contributed by atoms with E-state index in [-0.39, 0.29) is 29.6 Å². The van der Waals surface area contributed by atoms with E-state index in [1.165, 1.54) is 4.68 Å². The lowest BCUT2D eigenvalue weighted by atomic mass is 9.97. The molecule has 2 aromatic heterocycles. The second-order valence-electron chi connectivity index (χ2n) is 9.35. The normalized spacial score (nSPS) is 22.6. The predicted molar refractivity (Wildman–Crippen MR) is 126 cm³/mol. The molecule has 2 aliphatic carbocycles.